The number of rotatable bonds is 1. The molecule has 0 bridgehead atoms. The summed E-state index contributed by atoms with van der Waals surface area (Å²) in [6.45, 7) is 4.09. The fourth-order valence-electron chi connectivity index (χ4n) is 1.56. The van der Waals surface area contributed by atoms with Crippen molar-refractivity contribution >= 4 is 6.21 Å². The molecule has 0 radical (unpaired) electrons. The third-order valence-electron chi connectivity index (χ3n) is 2.22. The zero-order chi connectivity index (χ0) is 10.1. The minimum Gasteiger partial charge on any atom is -0.372 e. The van der Waals surface area contributed by atoms with Gasteiger partial charge in [0.2, 0.25) is 0 Å². The van der Waals surface area contributed by atoms with Crippen LogP contribution in [0.1, 0.15) is 13.8 Å². The summed E-state index contributed by atoms with van der Waals surface area (Å²) in [5.74, 6) is 0.868. The van der Waals surface area contributed by atoms with E-state index in [0.717, 1.165) is 22.9 Å². The van der Waals surface area contributed by atoms with Gasteiger partial charge in [0.15, 0.2) is 0 Å². The Kier molecular flexibility index (Phi) is 2.04. The third kappa shape index (κ3) is 1.39. The maximum absolute atomic E-state index is 4.26. The second-order valence-electron chi connectivity index (χ2n) is 3.38. The van der Waals surface area contributed by atoms with E-state index in [-0.39, 0.29) is 0 Å². The average Bonchev–Trinajstić information content (AvgIpc) is 2.16. The lowest BCUT2D eigenvalue weighted by Gasteiger charge is -2.28. The zero-order valence-electron chi connectivity index (χ0n) is 8.63. The molecule has 0 amide bonds. The Morgan fingerprint density at radius 2 is 2.14 bits per heavy atom. The molecule has 2 N–H and O–H groups in total. The van der Waals surface area contributed by atoms with Gasteiger partial charge in [-0.15, -0.1) is 0 Å². The highest BCUT2D eigenvalue weighted by Crippen LogP contribution is 2.19. The van der Waals surface area contributed by atoms with E-state index in [9.17, 15) is 0 Å². The van der Waals surface area contributed by atoms with Crippen LogP contribution >= 0.6 is 0 Å². The number of fused-ring (bicyclic) bond motifs is 1. The molecule has 14 heavy (non-hydrogen) atoms. The average molecular weight is 190 g/mol. The third-order valence-corrected chi connectivity index (χ3v) is 2.22. The van der Waals surface area contributed by atoms with Gasteiger partial charge in [0, 0.05) is 24.6 Å². The standard InChI is InChI=1S/C10H14N4/c1-7-5-14-6-10(11-3)12-4-9(14)8(2)13-7/h4-6,11,13H,1-3H3. The van der Waals surface area contributed by atoms with Crippen LogP contribution in [0.3, 0.4) is 0 Å². The van der Waals surface area contributed by atoms with Gasteiger partial charge in [-0.2, -0.15) is 0 Å². The molecule has 0 saturated carbocycles. The van der Waals surface area contributed by atoms with Gasteiger partial charge in [-0.1, -0.05) is 0 Å². The molecule has 2 aliphatic rings. The Balaban J connectivity index is 2.36. The van der Waals surface area contributed by atoms with E-state index >= 15 is 0 Å². The molecule has 0 aromatic carbocycles. The van der Waals surface area contributed by atoms with Crippen molar-refractivity contribution in [3.05, 3.63) is 35.3 Å². The van der Waals surface area contributed by atoms with Crippen molar-refractivity contribution < 1.29 is 0 Å². The van der Waals surface area contributed by atoms with Crippen molar-refractivity contribution in [1.29, 1.82) is 0 Å². The molecule has 0 fully saturated rings. The largest absolute Gasteiger partial charge is 0.372 e. The highest BCUT2D eigenvalue weighted by molar-refractivity contribution is 5.81. The number of allylic oxidation sites excluding steroid dienone is 3. The van der Waals surface area contributed by atoms with Gasteiger partial charge < -0.3 is 15.5 Å². The second kappa shape index (κ2) is 3.21. The molecule has 2 aliphatic heterocycles. The summed E-state index contributed by atoms with van der Waals surface area (Å²) in [4.78, 5) is 6.33. The van der Waals surface area contributed by atoms with Gasteiger partial charge in [-0.3, -0.25) is 0 Å². The predicted molar refractivity (Wildman–Crippen MR) is 57.1 cm³/mol. The number of hydrogen-bond donors (Lipinski definition) is 2. The van der Waals surface area contributed by atoms with Crippen LogP contribution in [-0.4, -0.2) is 18.2 Å². The topological polar surface area (TPSA) is 39.7 Å². The SMILES string of the molecule is CNC1=CN2C=C(C)NC(C)=C2C=N1. The lowest BCUT2D eigenvalue weighted by atomic mass is 10.2. The van der Waals surface area contributed by atoms with Gasteiger partial charge in [0.25, 0.3) is 0 Å². The first kappa shape index (κ1) is 8.87. The lowest BCUT2D eigenvalue weighted by molar-refractivity contribution is 0.589. The second-order valence-corrected chi connectivity index (χ2v) is 3.38. The molecule has 0 aromatic heterocycles. The maximum atomic E-state index is 4.26. The van der Waals surface area contributed by atoms with Crippen LogP contribution < -0.4 is 10.6 Å². The molecule has 0 aliphatic carbocycles. The summed E-state index contributed by atoms with van der Waals surface area (Å²) >= 11 is 0. The minimum absolute atomic E-state index is 0.868. The highest BCUT2D eigenvalue weighted by atomic mass is 15.2. The quantitative estimate of drug-likeness (QED) is 0.650. The van der Waals surface area contributed by atoms with Crippen molar-refractivity contribution in [1.82, 2.24) is 15.5 Å². The van der Waals surface area contributed by atoms with Crippen LogP contribution in [0.5, 0.6) is 0 Å². The first-order valence-electron chi connectivity index (χ1n) is 4.59. The van der Waals surface area contributed by atoms with E-state index in [1.54, 1.807) is 0 Å². The fraction of sp³-hybridized carbons (Fsp3) is 0.300. The lowest BCUT2D eigenvalue weighted by Crippen LogP contribution is -2.29. The van der Waals surface area contributed by atoms with Crippen LogP contribution in [0, 0.1) is 0 Å². The first-order chi connectivity index (χ1) is 6.70. The van der Waals surface area contributed by atoms with Gasteiger partial charge in [-0.25, -0.2) is 4.99 Å². The first-order valence-corrected chi connectivity index (χ1v) is 4.59. The molecule has 4 nitrogen and oxygen atoms in total. The van der Waals surface area contributed by atoms with E-state index in [4.69, 9.17) is 0 Å². The molecule has 4 heteroatoms. The molecule has 0 unspecified atom stereocenters. The smallest absolute Gasteiger partial charge is 0.142 e. The summed E-state index contributed by atoms with van der Waals surface area (Å²) in [6, 6.07) is 0. The van der Waals surface area contributed by atoms with Gasteiger partial charge in [0.05, 0.1) is 18.1 Å². The Bertz CT molecular complexity index is 374. The van der Waals surface area contributed by atoms with Crippen molar-refractivity contribution in [2.24, 2.45) is 4.99 Å². The van der Waals surface area contributed by atoms with E-state index < -0.39 is 0 Å². The number of hydrogen-bond acceptors (Lipinski definition) is 4. The molecule has 0 aromatic rings. The molecule has 0 atom stereocenters. The fourth-order valence-corrected chi connectivity index (χ4v) is 1.56. The molecule has 2 heterocycles. The monoisotopic (exact) mass is 190 g/mol. The van der Waals surface area contributed by atoms with Gasteiger partial charge in [0.1, 0.15) is 5.82 Å². The van der Waals surface area contributed by atoms with E-state index in [1.807, 2.05) is 39.5 Å². The van der Waals surface area contributed by atoms with Crippen molar-refractivity contribution in [2.75, 3.05) is 7.05 Å². The minimum atomic E-state index is 0.868. The van der Waals surface area contributed by atoms with Crippen LogP contribution in [0.25, 0.3) is 0 Å². The van der Waals surface area contributed by atoms with Gasteiger partial charge in [-0.05, 0) is 13.8 Å². The van der Waals surface area contributed by atoms with E-state index in [1.165, 1.54) is 0 Å². The summed E-state index contributed by atoms with van der Waals surface area (Å²) in [5.41, 5.74) is 3.35. The van der Waals surface area contributed by atoms with Crippen LogP contribution in [-0.2, 0) is 0 Å². The number of nitrogens with one attached hydrogen (secondary N) is 2. The number of aliphatic imine (C=N–C) groups is 1. The van der Waals surface area contributed by atoms with Crippen LogP contribution in [0.15, 0.2) is 40.3 Å². The Labute approximate surface area is 83.7 Å². The Hall–Kier alpha value is -1.71. The molecule has 0 spiro atoms. The van der Waals surface area contributed by atoms with Gasteiger partial charge >= 0.3 is 0 Å². The van der Waals surface area contributed by atoms with Crippen LogP contribution in [0.4, 0.5) is 0 Å². The van der Waals surface area contributed by atoms with Crippen LogP contribution in [0.2, 0.25) is 0 Å². The van der Waals surface area contributed by atoms with Crippen molar-refractivity contribution in [2.45, 2.75) is 13.8 Å². The van der Waals surface area contributed by atoms with E-state index in [2.05, 4.69) is 20.5 Å². The van der Waals surface area contributed by atoms with E-state index in [0.29, 0.717) is 0 Å². The molecular formula is C10H14N4. The number of nitrogens with zero attached hydrogens (tertiary/aromatic N) is 2. The summed E-state index contributed by atoms with van der Waals surface area (Å²) in [7, 11) is 1.86. The normalized spacial score (nSPS) is 19.8. The zero-order valence-corrected chi connectivity index (χ0v) is 8.63. The van der Waals surface area contributed by atoms with Crippen molar-refractivity contribution in [3.63, 3.8) is 0 Å². The predicted octanol–water partition coefficient (Wildman–Crippen LogP) is 1.09. The highest BCUT2D eigenvalue weighted by Gasteiger charge is 2.16. The summed E-state index contributed by atoms with van der Waals surface area (Å²) in [6.07, 6.45) is 5.88. The molecular weight excluding hydrogens is 176 g/mol. The Morgan fingerprint density at radius 1 is 1.36 bits per heavy atom. The summed E-state index contributed by atoms with van der Waals surface area (Å²) < 4.78 is 0. The molecule has 0 saturated heterocycles. The summed E-state index contributed by atoms with van der Waals surface area (Å²) in [5, 5.41) is 6.29. The Morgan fingerprint density at radius 3 is 2.86 bits per heavy atom. The maximum Gasteiger partial charge on any atom is 0.142 e. The molecule has 74 valence electrons. The molecule has 2 rings (SSSR count). The van der Waals surface area contributed by atoms with Crippen molar-refractivity contribution in [3.8, 4) is 0 Å².